The molecule has 2 aromatic carbocycles. The van der Waals surface area contributed by atoms with Crippen molar-refractivity contribution in [2.24, 2.45) is 0 Å². The Morgan fingerprint density at radius 3 is 2.57 bits per heavy atom. The minimum atomic E-state index is -0.353. The Morgan fingerprint density at radius 1 is 1.14 bits per heavy atom. The summed E-state index contributed by atoms with van der Waals surface area (Å²) in [5.74, 6) is 0.680. The third-order valence-electron chi connectivity index (χ3n) is 3.00. The molecule has 1 unspecified atom stereocenters. The second-order valence-corrected chi connectivity index (χ2v) is 5.43. The van der Waals surface area contributed by atoms with Gasteiger partial charge in [0.05, 0.1) is 11.1 Å². The number of hydrogen-bond acceptors (Lipinski definition) is 3. The molecule has 0 saturated heterocycles. The second kappa shape index (κ2) is 8.03. The molecule has 0 saturated carbocycles. The number of hydrogen-bond donors (Lipinski definition) is 2. The van der Waals surface area contributed by atoms with Crippen molar-refractivity contribution >= 4 is 11.6 Å². The lowest BCUT2D eigenvalue weighted by Gasteiger charge is -2.11. The monoisotopic (exact) mass is 305 g/mol. The molecule has 0 radical (unpaired) electrons. The van der Waals surface area contributed by atoms with Crippen LogP contribution in [0.4, 0.5) is 0 Å². The first-order valence-corrected chi connectivity index (χ1v) is 7.37. The molecule has 0 heterocycles. The molecular weight excluding hydrogens is 286 g/mol. The number of aliphatic hydroxyl groups excluding tert-OH is 1. The Labute approximate surface area is 130 Å². The molecule has 3 nitrogen and oxygen atoms in total. The lowest BCUT2D eigenvalue weighted by Crippen LogP contribution is -2.23. The Hall–Kier alpha value is -1.55. The maximum atomic E-state index is 9.20. The molecule has 0 aliphatic rings. The second-order valence-electron chi connectivity index (χ2n) is 5.02. The van der Waals surface area contributed by atoms with Crippen LogP contribution in [0.15, 0.2) is 48.5 Å². The van der Waals surface area contributed by atoms with Crippen molar-refractivity contribution in [1.82, 2.24) is 5.32 Å². The summed E-state index contributed by atoms with van der Waals surface area (Å²) < 4.78 is 5.73. The zero-order valence-electron chi connectivity index (χ0n) is 12.1. The van der Waals surface area contributed by atoms with Gasteiger partial charge >= 0.3 is 0 Å². The van der Waals surface area contributed by atoms with Gasteiger partial charge in [-0.3, -0.25) is 0 Å². The molecule has 0 aromatic heterocycles. The van der Waals surface area contributed by atoms with Crippen molar-refractivity contribution in [2.75, 3.05) is 6.54 Å². The normalized spacial score (nSPS) is 12.1. The fourth-order valence-corrected chi connectivity index (χ4v) is 2.19. The Bertz CT molecular complexity index is 558. The van der Waals surface area contributed by atoms with E-state index in [1.807, 2.05) is 48.5 Å². The molecular formula is C17H20ClNO2. The zero-order valence-corrected chi connectivity index (χ0v) is 12.8. The summed E-state index contributed by atoms with van der Waals surface area (Å²) in [5.41, 5.74) is 2.17. The smallest absolute Gasteiger partial charge is 0.138 e. The summed E-state index contributed by atoms with van der Waals surface area (Å²) in [4.78, 5) is 0. The zero-order chi connectivity index (χ0) is 15.1. The minimum Gasteiger partial charge on any atom is -0.487 e. The van der Waals surface area contributed by atoms with Gasteiger partial charge in [0.25, 0.3) is 0 Å². The highest BCUT2D eigenvalue weighted by atomic mass is 35.5. The minimum absolute atomic E-state index is 0.353. The van der Waals surface area contributed by atoms with Crippen LogP contribution in [0, 0.1) is 0 Å². The average molecular weight is 306 g/mol. The van der Waals surface area contributed by atoms with E-state index in [9.17, 15) is 5.11 Å². The third kappa shape index (κ3) is 5.38. The van der Waals surface area contributed by atoms with Gasteiger partial charge in [-0.05, 0) is 30.2 Å². The summed E-state index contributed by atoms with van der Waals surface area (Å²) in [5, 5.41) is 13.0. The lowest BCUT2D eigenvalue weighted by molar-refractivity contribution is 0.191. The molecule has 2 rings (SSSR count). The highest BCUT2D eigenvalue weighted by Crippen LogP contribution is 2.26. The quantitative estimate of drug-likeness (QED) is 0.824. The van der Waals surface area contributed by atoms with Crippen molar-refractivity contribution in [2.45, 2.75) is 26.2 Å². The first kappa shape index (κ1) is 15.8. The van der Waals surface area contributed by atoms with Gasteiger partial charge in [-0.2, -0.15) is 0 Å². The van der Waals surface area contributed by atoms with Crippen LogP contribution in [0.1, 0.15) is 18.1 Å². The molecule has 21 heavy (non-hydrogen) atoms. The number of nitrogens with one attached hydrogen (secondary N) is 1. The van der Waals surface area contributed by atoms with Gasteiger partial charge in [0.15, 0.2) is 0 Å². The molecule has 2 aromatic rings. The fourth-order valence-electron chi connectivity index (χ4n) is 1.93. The predicted molar refractivity (Wildman–Crippen MR) is 85.6 cm³/mol. The van der Waals surface area contributed by atoms with Gasteiger partial charge in [-0.15, -0.1) is 0 Å². The van der Waals surface area contributed by atoms with Gasteiger partial charge < -0.3 is 15.2 Å². The maximum Gasteiger partial charge on any atom is 0.138 e. The lowest BCUT2D eigenvalue weighted by atomic mass is 10.2. The van der Waals surface area contributed by atoms with E-state index in [-0.39, 0.29) is 6.10 Å². The summed E-state index contributed by atoms with van der Waals surface area (Å²) in [6.07, 6.45) is -0.353. The van der Waals surface area contributed by atoms with Crippen LogP contribution in [0.2, 0.25) is 5.02 Å². The van der Waals surface area contributed by atoms with Crippen LogP contribution in [-0.2, 0) is 13.2 Å². The van der Waals surface area contributed by atoms with Crippen LogP contribution in [0.3, 0.4) is 0 Å². The van der Waals surface area contributed by atoms with Crippen molar-refractivity contribution in [3.05, 3.63) is 64.7 Å². The number of rotatable bonds is 7. The van der Waals surface area contributed by atoms with E-state index in [4.69, 9.17) is 16.3 Å². The van der Waals surface area contributed by atoms with Gasteiger partial charge in [0.1, 0.15) is 12.4 Å². The van der Waals surface area contributed by atoms with Gasteiger partial charge in [0, 0.05) is 13.1 Å². The van der Waals surface area contributed by atoms with E-state index in [1.165, 1.54) is 0 Å². The van der Waals surface area contributed by atoms with Crippen molar-refractivity contribution in [3.63, 3.8) is 0 Å². The van der Waals surface area contributed by atoms with Crippen LogP contribution in [0.25, 0.3) is 0 Å². The molecule has 0 aliphatic carbocycles. The largest absolute Gasteiger partial charge is 0.487 e. The molecule has 4 heteroatoms. The first-order chi connectivity index (χ1) is 10.1. The standard InChI is InChI=1S/C17H20ClNO2/c1-13(20)10-19-11-15-7-8-17(16(18)9-15)21-12-14-5-3-2-4-6-14/h2-9,13,19-20H,10-12H2,1H3. The van der Waals surface area contributed by atoms with E-state index in [0.29, 0.717) is 30.5 Å². The summed E-state index contributed by atoms with van der Waals surface area (Å²) in [6.45, 7) is 3.48. The SMILES string of the molecule is CC(O)CNCc1ccc(OCc2ccccc2)c(Cl)c1. The van der Waals surface area contributed by atoms with E-state index >= 15 is 0 Å². The highest BCUT2D eigenvalue weighted by Gasteiger charge is 2.04. The van der Waals surface area contributed by atoms with Crippen LogP contribution < -0.4 is 10.1 Å². The van der Waals surface area contributed by atoms with Crippen molar-refractivity contribution < 1.29 is 9.84 Å². The molecule has 1 atom stereocenters. The molecule has 0 bridgehead atoms. The molecule has 0 spiro atoms. The van der Waals surface area contributed by atoms with Gasteiger partial charge in [-0.1, -0.05) is 48.0 Å². The Kier molecular flexibility index (Phi) is 6.05. The highest BCUT2D eigenvalue weighted by molar-refractivity contribution is 6.32. The predicted octanol–water partition coefficient (Wildman–Crippen LogP) is 3.39. The molecule has 0 aliphatic heterocycles. The van der Waals surface area contributed by atoms with E-state index < -0.39 is 0 Å². The summed E-state index contributed by atoms with van der Waals surface area (Å²) in [6, 6.07) is 15.7. The Balaban J connectivity index is 1.90. The van der Waals surface area contributed by atoms with Gasteiger partial charge in [-0.25, -0.2) is 0 Å². The van der Waals surface area contributed by atoms with Gasteiger partial charge in [0.2, 0.25) is 0 Å². The number of benzene rings is 2. The van der Waals surface area contributed by atoms with Crippen LogP contribution in [0.5, 0.6) is 5.75 Å². The Morgan fingerprint density at radius 2 is 1.90 bits per heavy atom. The average Bonchev–Trinajstić information content (AvgIpc) is 2.47. The summed E-state index contributed by atoms with van der Waals surface area (Å²) in [7, 11) is 0. The maximum absolute atomic E-state index is 9.20. The first-order valence-electron chi connectivity index (χ1n) is 6.99. The van der Waals surface area contributed by atoms with Crippen LogP contribution >= 0.6 is 11.6 Å². The van der Waals surface area contributed by atoms with Crippen molar-refractivity contribution in [3.8, 4) is 5.75 Å². The fraction of sp³-hybridized carbons (Fsp3) is 0.294. The molecule has 0 amide bonds. The topological polar surface area (TPSA) is 41.5 Å². The molecule has 112 valence electrons. The number of halogens is 1. The third-order valence-corrected chi connectivity index (χ3v) is 3.30. The van der Waals surface area contributed by atoms with E-state index in [1.54, 1.807) is 6.92 Å². The molecule has 0 fully saturated rings. The molecule has 2 N–H and O–H groups in total. The number of ether oxygens (including phenoxy) is 1. The van der Waals surface area contributed by atoms with Crippen LogP contribution in [-0.4, -0.2) is 17.8 Å². The van der Waals surface area contributed by atoms with Crippen molar-refractivity contribution in [1.29, 1.82) is 0 Å². The summed E-state index contributed by atoms with van der Waals surface area (Å²) >= 11 is 6.23. The van der Waals surface area contributed by atoms with E-state index in [2.05, 4.69) is 5.32 Å². The van der Waals surface area contributed by atoms with E-state index in [0.717, 1.165) is 11.1 Å². The number of aliphatic hydroxyl groups is 1.